The minimum Gasteiger partial charge on any atom is -0.438 e. The van der Waals surface area contributed by atoms with E-state index in [1.807, 2.05) is 27.7 Å². The Kier molecular flexibility index (Phi) is 5.63. The number of carbonyl (C=O) groups excluding carboxylic acids is 2. The molecule has 1 aromatic heterocycles. The maximum Gasteiger partial charge on any atom is 0.421 e. The number of carbonyl (C=O) groups is 2. The topological polar surface area (TPSA) is 56.3 Å². The molecule has 0 spiro atoms. The van der Waals surface area contributed by atoms with Crippen molar-refractivity contribution in [2.75, 3.05) is 0 Å². The summed E-state index contributed by atoms with van der Waals surface area (Å²) in [7, 11) is 0. The van der Waals surface area contributed by atoms with Crippen LogP contribution in [0, 0.1) is 16.7 Å². The van der Waals surface area contributed by atoms with Crippen LogP contribution in [0.15, 0.2) is 30.5 Å². The largest absolute Gasteiger partial charge is 0.438 e. The van der Waals surface area contributed by atoms with Crippen LogP contribution >= 0.6 is 11.6 Å². The highest BCUT2D eigenvalue weighted by Gasteiger charge is 2.64. The van der Waals surface area contributed by atoms with Gasteiger partial charge in [0.2, 0.25) is 5.88 Å². The molecule has 3 unspecified atom stereocenters. The van der Waals surface area contributed by atoms with Crippen LogP contribution in [0.3, 0.4) is 0 Å². The number of aryl methyl sites for hydroxylation is 1. The van der Waals surface area contributed by atoms with Crippen molar-refractivity contribution in [2.45, 2.75) is 59.1 Å². The summed E-state index contributed by atoms with van der Waals surface area (Å²) in [5.74, 6) is -2.00. The van der Waals surface area contributed by atoms with Gasteiger partial charge in [-0.25, -0.2) is 4.98 Å². The molecule has 3 atom stereocenters. The van der Waals surface area contributed by atoms with Gasteiger partial charge in [0.25, 0.3) is 0 Å². The maximum atomic E-state index is 13.7. The van der Waals surface area contributed by atoms with E-state index in [0.717, 1.165) is 17.8 Å². The lowest BCUT2D eigenvalue weighted by Crippen LogP contribution is -2.52. The third-order valence-corrected chi connectivity index (χ3v) is 8.01. The Morgan fingerprint density at radius 3 is 2.52 bits per heavy atom. The number of fused-ring (bicyclic) bond motifs is 2. The molecule has 2 bridgehead atoms. The third-order valence-electron chi connectivity index (χ3n) is 7.81. The lowest BCUT2D eigenvalue weighted by molar-refractivity contribution is -0.149. The summed E-state index contributed by atoms with van der Waals surface area (Å²) in [4.78, 5) is 30.8. The molecule has 4 nitrogen and oxygen atoms in total. The van der Waals surface area contributed by atoms with Crippen LogP contribution in [0.25, 0.3) is 0 Å². The average molecular weight is 480 g/mol. The quantitative estimate of drug-likeness (QED) is 0.453. The first kappa shape index (κ1) is 23.7. The first-order valence-electron chi connectivity index (χ1n) is 10.9. The van der Waals surface area contributed by atoms with Gasteiger partial charge in [-0.3, -0.25) is 9.59 Å². The molecule has 8 heteroatoms. The maximum absolute atomic E-state index is 13.7. The smallest absolute Gasteiger partial charge is 0.421 e. The van der Waals surface area contributed by atoms with Crippen molar-refractivity contribution in [3.63, 3.8) is 0 Å². The number of nitrogens with zero attached hydrogens (tertiary/aromatic N) is 1. The van der Waals surface area contributed by atoms with Crippen molar-refractivity contribution in [3.8, 4) is 11.6 Å². The standard InChI is InChI=1S/C25H25ClF3NO3/c1-5-13-6-7-15(33-22-18(25(27,28)29)10-14(26)12-30-22)11-16(13)19-20(31)17-8-9-24(4,21(19)32)23(17,2)3/h6-7,10-12,17,19H,5,8-9H2,1-4H3. The van der Waals surface area contributed by atoms with Gasteiger partial charge in [0.05, 0.1) is 5.02 Å². The Hall–Kier alpha value is -2.41. The van der Waals surface area contributed by atoms with Crippen LogP contribution < -0.4 is 4.74 Å². The molecular formula is C25H25ClF3NO3. The number of pyridine rings is 1. The second-order valence-corrected chi connectivity index (χ2v) is 10.1. The van der Waals surface area contributed by atoms with Crippen molar-refractivity contribution in [3.05, 3.63) is 52.2 Å². The molecule has 0 aliphatic heterocycles. The first-order chi connectivity index (χ1) is 15.3. The summed E-state index contributed by atoms with van der Waals surface area (Å²) in [5, 5.41) is -0.165. The lowest BCUT2D eigenvalue weighted by atomic mass is 9.54. The Balaban J connectivity index is 1.77. The van der Waals surface area contributed by atoms with Crippen LogP contribution in [0.4, 0.5) is 13.2 Å². The molecule has 2 aromatic rings. The van der Waals surface area contributed by atoms with Crippen molar-refractivity contribution >= 4 is 23.2 Å². The van der Waals surface area contributed by atoms with Gasteiger partial charge in [0.15, 0.2) is 11.6 Å². The fraction of sp³-hybridized carbons (Fsp3) is 0.480. The van der Waals surface area contributed by atoms with Crippen LogP contribution in [0.2, 0.25) is 5.02 Å². The SMILES string of the molecule is CCc1ccc(Oc2ncc(Cl)cc2C(F)(F)F)cc1C1C(=O)C2CCC(C)(C1=O)C2(C)C. The summed E-state index contributed by atoms with van der Waals surface area (Å²) in [5.41, 5.74) is -0.891. The number of ketones is 2. The van der Waals surface area contributed by atoms with E-state index < -0.39 is 34.4 Å². The molecule has 2 aliphatic carbocycles. The number of hydrogen-bond acceptors (Lipinski definition) is 4. The number of ether oxygens (including phenoxy) is 1. The zero-order chi connectivity index (χ0) is 24.3. The van der Waals surface area contributed by atoms with Gasteiger partial charge in [-0.2, -0.15) is 13.2 Å². The predicted molar refractivity (Wildman–Crippen MR) is 118 cm³/mol. The molecule has 0 N–H and O–H groups in total. The van der Waals surface area contributed by atoms with Crippen molar-refractivity contribution < 1.29 is 27.5 Å². The Morgan fingerprint density at radius 2 is 1.88 bits per heavy atom. The van der Waals surface area contributed by atoms with Gasteiger partial charge in [-0.1, -0.05) is 45.4 Å². The number of aromatic nitrogens is 1. The van der Waals surface area contributed by atoms with Crippen LogP contribution in [0.1, 0.15) is 63.1 Å². The highest BCUT2D eigenvalue weighted by atomic mass is 35.5. The number of benzene rings is 1. The highest BCUT2D eigenvalue weighted by Crippen LogP contribution is 2.63. The Bertz CT molecular complexity index is 1140. The molecule has 0 amide bonds. The predicted octanol–water partition coefficient (Wildman–Crippen LogP) is 6.79. The Morgan fingerprint density at radius 1 is 1.18 bits per heavy atom. The number of Topliss-reactive ketones (excluding diaryl/α,β-unsaturated/α-hetero) is 2. The summed E-state index contributed by atoms with van der Waals surface area (Å²) >= 11 is 5.70. The number of halogens is 4. The van der Waals surface area contributed by atoms with E-state index in [1.165, 1.54) is 12.1 Å². The Labute approximate surface area is 195 Å². The lowest BCUT2D eigenvalue weighted by Gasteiger charge is -2.46. The van der Waals surface area contributed by atoms with E-state index >= 15 is 0 Å². The van der Waals surface area contributed by atoms with E-state index in [4.69, 9.17) is 16.3 Å². The van der Waals surface area contributed by atoms with E-state index in [2.05, 4.69) is 4.98 Å². The third kappa shape index (κ3) is 3.65. The number of hydrogen-bond donors (Lipinski definition) is 0. The minimum absolute atomic E-state index is 0.0745. The van der Waals surface area contributed by atoms with Gasteiger partial charge < -0.3 is 4.74 Å². The number of alkyl halides is 3. The van der Waals surface area contributed by atoms with Gasteiger partial charge >= 0.3 is 6.18 Å². The second kappa shape index (κ2) is 7.83. The van der Waals surface area contributed by atoms with E-state index in [1.54, 1.807) is 6.07 Å². The molecule has 2 fully saturated rings. The van der Waals surface area contributed by atoms with Gasteiger partial charge in [0.1, 0.15) is 17.2 Å². The van der Waals surface area contributed by atoms with Crippen LogP contribution in [-0.4, -0.2) is 16.6 Å². The first-order valence-corrected chi connectivity index (χ1v) is 11.3. The van der Waals surface area contributed by atoms with Gasteiger partial charge in [0, 0.05) is 17.5 Å². The highest BCUT2D eigenvalue weighted by molar-refractivity contribution is 6.30. The van der Waals surface area contributed by atoms with E-state index in [-0.39, 0.29) is 28.3 Å². The fourth-order valence-electron chi connectivity index (χ4n) is 5.43. The fourth-order valence-corrected chi connectivity index (χ4v) is 5.59. The minimum atomic E-state index is -4.71. The molecule has 1 aromatic carbocycles. The molecule has 2 aliphatic rings. The zero-order valence-corrected chi connectivity index (χ0v) is 19.6. The molecular weight excluding hydrogens is 455 g/mol. The average Bonchev–Trinajstić information content (AvgIpc) is 2.92. The van der Waals surface area contributed by atoms with Gasteiger partial charge in [-0.15, -0.1) is 0 Å². The molecule has 0 saturated heterocycles. The van der Waals surface area contributed by atoms with E-state index in [0.29, 0.717) is 24.8 Å². The van der Waals surface area contributed by atoms with Crippen LogP contribution in [0.5, 0.6) is 11.6 Å². The number of rotatable bonds is 4. The normalized spacial score (nSPS) is 26.5. The van der Waals surface area contributed by atoms with Crippen molar-refractivity contribution in [1.82, 2.24) is 4.98 Å². The van der Waals surface area contributed by atoms with Crippen molar-refractivity contribution in [1.29, 1.82) is 0 Å². The molecule has 1 heterocycles. The summed E-state index contributed by atoms with van der Waals surface area (Å²) in [6.45, 7) is 7.78. The molecule has 2 saturated carbocycles. The molecule has 176 valence electrons. The van der Waals surface area contributed by atoms with E-state index in [9.17, 15) is 22.8 Å². The second-order valence-electron chi connectivity index (χ2n) is 9.66. The summed E-state index contributed by atoms with van der Waals surface area (Å²) in [6.07, 6.45) is -1.78. The van der Waals surface area contributed by atoms with Gasteiger partial charge in [-0.05, 0) is 54.0 Å². The zero-order valence-electron chi connectivity index (χ0n) is 18.8. The molecule has 4 rings (SSSR count). The van der Waals surface area contributed by atoms with Crippen LogP contribution in [-0.2, 0) is 22.2 Å². The molecule has 33 heavy (non-hydrogen) atoms. The van der Waals surface area contributed by atoms with Crippen molar-refractivity contribution in [2.24, 2.45) is 16.7 Å². The molecule has 0 radical (unpaired) electrons. The summed E-state index contributed by atoms with van der Waals surface area (Å²) < 4.78 is 45.9. The monoisotopic (exact) mass is 479 g/mol. The summed E-state index contributed by atoms with van der Waals surface area (Å²) in [6, 6.07) is 5.48.